The molecule has 0 amide bonds. The first-order valence-corrected chi connectivity index (χ1v) is 6.96. The molecular weight excluding hydrogens is 278 g/mol. The predicted molar refractivity (Wildman–Crippen MR) is 74.0 cm³/mol. The summed E-state index contributed by atoms with van der Waals surface area (Å²) in [5.41, 5.74) is 5.09. The molecule has 0 aliphatic carbocycles. The van der Waals surface area contributed by atoms with E-state index in [0.29, 0.717) is 5.56 Å². The summed E-state index contributed by atoms with van der Waals surface area (Å²) in [6, 6.07) is 6.32. The number of halogens is 2. The molecule has 1 aromatic carbocycles. The molecule has 2 aliphatic rings. The van der Waals surface area contributed by atoms with Crippen LogP contribution in [0.15, 0.2) is 29.3 Å². The number of rotatable bonds is 2. The highest BCUT2D eigenvalue weighted by atomic mass is 19.1. The van der Waals surface area contributed by atoms with Gasteiger partial charge in [0.15, 0.2) is 0 Å². The largest absolute Gasteiger partial charge is 0.459 e. The van der Waals surface area contributed by atoms with Crippen LogP contribution in [-0.4, -0.2) is 31.0 Å². The zero-order valence-electron chi connectivity index (χ0n) is 11.9. The van der Waals surface area contributed by atoms with Crippen LogP contribution >= 0.6 is 0 Å². The molecule has 2 N–H and O–H groups in total. The van der Waals surface area contributed by atoms with Gasteiger partial charge in [0, 0.05) is 5.56 Å². The molecule has 5 atom stereocenters. The Balaban J connectivity index is 2.13. The SMILES string of the molecule is CC(F)[C@@H]1OC[C@H]2OC(N)=N[C@](C)(c3ccccc3F)[C@H]21. The summed E-state index contributed by atoms with van der Waals surface area (Å²) >= 11 is 0. The lowest BCUT2D eigenvalue weighted by atomic mass is 9.73. The molecule has 1 unspecified atom stereocenters. The van der Waals surface area contributed by atoms with Crippen molar-refractivity contribution in [2.75, 3.05) is 6.61 Å². The maximum atomic E-state index is 14.2. The fourth-order valence-corrected chi connectivity index (χ4v) is 3.43. The molecule has 0 aromatic heterocycles. The molecule has 1 fully saturated rings. The lowest BCUT2D eigenvalue weighted by Crippen LogP contribution is -2.51. The van der Waals surface area contributed by atoms with E-state index in [2.05, 4.69) is 4.99 Å². The van der Waals surface area contributed by atoms with E-state index in [1.54, 1.807) is 25.1 Å². The van der Waals surface area contributed by atoms with Gasteiger partial charge >= 0.3 is 0 Å². The number of hydrogen-bond acceptors (Lipinski definition) is 4. The summed E-state index contributed by atoms with van der Waals surface area (Å²) in [4.78, 5) is 4.31. The molecule has 21 heavy (non-hydrogen) atoms. The monoisotopic (exact) mass is 296 g/mol. The van der Waals surface area contributed by atoms with Crippen LogP contribution in [-0.2, 0) is 15.0 Å². The predicted octanol–water partition coefficient (Wildman–Crippen LogP) is 2.13. The van der Waals surface area contributed by atoms with Gasteiger partial charge in [-0.1, -0.05) is 18.2 Å². The first-order valence-electron chi connectivity index (χ1n) is 6.96. The summed E-state index contributed by atoms with van der Waals surface area (Å²) in [5.74, 6) is -0.823. The Morgan fingerprint density at radius 1 is 1.43 bits per heavy atom. The number of aliphatic imine (C=N–C) groups is 1. The topological polar surface area (TPSA) is 56.8 Å². The van der Waals surface area contributed by atoms with Crippen molar-refractivity contribution in [3.05, 3.63) is 35.6 Å². The molecule has 6 heteroatoms. The van der Waals surface area contributed by atoms with Crippen molar-refractivity contribution < 1.29 is 18.3 Å². The van der Waals surface area contributed by atoms with E-state index in [4.69, 9.17) is 15.2 Å². The minimum Gasteiger partial charge on any atom is -0.459 e. The number of fused-ring (bicyclic) bond motifs is 1. The van der Waals surface area contributed by atoms with Gasteiger partial charge in [-0.15, -0.1) is 0 Å². The lowest BCUT2D eigenvalue weighted by molar-refractivity contribution is 0.00735. The van der Waals surface area contributed by atoms with Crippen LogP contribution in [0, 0.1) is 11.7 Å². The molecule has 0 bridgehead atoms. The van der Waals surface area contributed by atoms with Crippen LogP contribution in [0.4, 0.5) is 8.78 Å². The first kappa shape index (κ1) is 14.3. The Morgan fingerprint density at radius 2 is 2.14 bits per heavy atom. The number of benzene rings is 1. The van der Waals surface area contributed by atoms with E-state index in [0.717, 1.165) is 0 Å². The highest BCUT2D eigenvalue weighted by molar-refractivity contribution is 5.73. The van der Waals surface area contributed by atoms with Crippen molar-refractivity contribution in [2.24, 2.45) is 16.6 Å². The number of nitrogens with zero attached hydrogens (tertiary/aromatic N) is 1. The number of alkyl halides is 1. The lowest BCUT2D eigenvalue weighted by Gasteiger charge is -2.41. The molecule has 0 spiro atoms. The average Bonchev–Trinajstić information content (AvgIpc) is 2.83. The van der Waals surface area contributed by atoms with Crippen molar-refractivity contribution in [3.8, 4) is 0 Å². The molecule has 2 heterocycles. The van der Waals surface area contributed by atoms with Crippen molar-refractivity contribution in [2.45, 2.75) is 37.8 Å². The second kappa shape index (κ2) is 4.94. The van der Waals surface area contributed by atoms with Gasteiger partial charge < -0.3 is 15.2 Å². The number of nitrogens with two attached hydrogens (primary N) is 1. The van der Waals surface area contributed by atoms with Crippen molar-refractivity contribution in [1.82, 2.24) is 0 Å². The Hall–Kier alpha value is -1.69. The van der Waals surface area contributed by atoms with E-state index < -0.39 is 35.7 Å². The van der Waals surface area contributed by atoms with Gasteiger partial charge in [-0.25, -0.2) is 13.8 Å². The summed E-state index contributed by atoms with van der Waals surface area (Å²) in [6.07, 6.45) is -2.32. The van der Waals surface area contributed by atoms with Crippen LogP contribution in [0.1, 0.15) is 19.4 Å². The molecular formula is C15H18F2N2O2. The molecule has 0 radical (unpaired) electrons. The fourth-order valence-electron chi connectivity index (χ4n) is 3.43. The van der Waals surface area contributed by atoms with Crippen LogP contribution in [0.5, 0.6) is 0 Å². The zero-order chi connectivity index (χ0) is 15.2. The van der Waals surface area contributed by atoms with Gasteiger partial charge in [0.2, 0.25) is 0 Å². The maximum absolute atomic E-state index is 14.2. The second-order valence-electron chi connectivity index (χ2n) is 5.73. The van der Waals surface area contributed by atoms with Gasteiger partial charge in [-0.3, -0.25) is 0 Å². The van der Waals surface area contributed by atoms with Crippen LogP contribution in [0.2, 0.25) is 0 Å². The van der Waals surface area contributed by atoms with Gasteiger partial charge in [-0.2, -0.15) is 0 Å². The summed E-state index contributed by atoms with van der Waals surface area (Å²) in [5, 5.41) is 0. The van der Waals surface area contributed by atoms with E-state index in [1.165, 1.54) is 13.0 Å². The molecule has 1 aromatic rings. The zero-order valence-corrected chi connectivity index (χ0v) is 11.9. The Morgan fingerprint density at radius 3 is 2.81 bits per heavy atom. The third-order valence-corrected chi connectivity index (χ3v) is 4.34. The third-order valence-electron chi connectivity index (χ3n) is 4.34. The fraction of sp³-hybridized carbons (Fsp3) is 0.533. The molecule has 114 valence electrons. The molecule has 4 nitrogen and oxygen atoms in total. The molecule has 2 aliphatic heterocycles. The highest BCUT2D eigenvalue weighted by Crippen LogP contribution is 2.47. The minimum absolute atomic E-state index is 0.0160. The molecule has 1 saturated heterocycles. The Bertz CT molecular complexity index is 579. The first-order chi connectivity index (χ1) is 9.93. The summed E-state index contributed by atoms with van der Waals surface area (Å²) in [6.45, 7) is 3.41. The van der Waals surface area contributed by atoms with Crippen LogP contribution in [0.3, 0.4) is 0 Å². The summed E-state index contributed by atoms with van der Waals surface area (Å²) < 4.78 is 39.1. The van der Waals surface area contributed by atoms with Crippen molar-refractivity contribution >= 4 is 6.02 Å². The number of hydrogen-bond donors (Lipinski definition) is 1. The van der Waals surface area contributed by atoms with Crippen molar-refractivity contribution in [1.29, 1.82) is 0 Å². The van der Waals surface area contributed by atoms with E-state index in [9.17, 15) is 8.78 Å². The standard InChI is InChI=1S/C15H18F2N2O2/c1-8(16)13-12-11(7-20-13)21-14(18)19-15(12,2)9-5-3-4-6-10(9)17/h3-6,8,11-13H,7H2,1-2H3,(H2,18,19)/t8?,11-,12-,13+,15-/m1/s1. The van der Waals surface area contributed by atoms with Crippen LogP contribution < -0.4 is 5.73 Å². The van der Waals surface area contributed by atoms with Gasteiger partial charge in [0.05, 0.1) is 18.6 Å². The van der Waals surface area contributed by atoms with E-state index in [-0.39, 0.29) is 12.6 Å². The van der Waals surface area contributed by atoms with E-state index in [1.807, 2.05) is 0 Å². The number of ether oxygens (including phenoxy) is 2. The van der Waals surface area contributed by atoms with Crippen molar-refractivity contribution in [3.63, 3.8) is 0 Å². The minimum atomic E-state index is -1.20. The quantitative estimate of drug-likeness (QED) is 0.909. The second-order valence-corrected chi connectivity index (χ2v) is 5.73. The Kier molecular flexibility index (Phi) is 3.36. The smallest absolute Gasteiger partial charge is 0.283 e. The molecule has 3 rings (SSSR count). The highest BCUT2D eigenvalue weighted by Gasteiger charge is 2.56. The number of amidine groups is 1. The average molecular weight is 296 g/mol. The summed E-state index contributed by atoms with van der Waals surface area (Å²) in [7, 11) is 0. The third kappa shape index (κ3) is 2.18. The van der Waals surface area contributed by atoms with Gasteiger partial charge in [-0.05, 0) is 19.9 Å². The van der Waals surface area contributed by atoms with Gasteiger partial charge in [0.25, 0.3) is 6.02 Å². The maximum Gasteiger partial charge on any atom is 0.283 e. The van der Waals surface area contributed by atoms with Crippen LogP contribution in [0.25, 0.3) is 0 Å². The van der Waals surface area contributed by atoms with Gasteiger partial charge in [0.1, 0.15) is 23.6 Å². The molecule has 0 saturated carbocycles. The Labute approximate surface area is 121 Å². The van der Waals surface area contributed by atoms with E-state index >= 15 is 0 Å². The normalized spacial score (nSPS) is 36.6.